The number of nitriles is 1. The van der Waals surface area contributed by atoms with Crippen LogP contribution in [0.1, 0.15) is 42.7 Å². The fourth-order valence-corrected chi connectivity index (χ4v) is 5.38. The van der Waals surface area contributed by atoms with Gasteiger partial charge in [0.2, 0.25) is 0 Å². The third-order valence-corrected chi connectivity index (χ3v) is 7.26. The van der Waals surface area contributed by atoms with Gasteiger partial charge < -0.3 is 10.1 Å². The Morgan fingerprint density at radius 2 is 1.95 bits per heavy atom. The summed E-state index contributed by atoms with van der Waals surface area (Å²) in [6.45, 7) is 4.54. The van der Waals surface area contributed by atoms with Gasteiger partial charge >= 0.3 is 0 Å². The zero-order chi connectivity index (χ0) is 28.1. The molecular weight excluding hydrogens is 538 g/mol. The molecule has 0 unspecified atom stereocenters. The molecule has 1 amide bonds. The summed E-state index contributed by atoms with van der Waals surface area (Å²) >= 11 is 6.51. The smallest absolute Gasteiger partial charge is 0.280 e. The molecule has 39 heavy (non-hydrogen) atoms. The van der Waals surface area contributed by atoms with Crippen LogP contribution in [-0.2, 0) is 10.5 Å². The molecule has 0 bridgehead atoms. The van der Waals surface area contributed by atoms with Crippen molar-refractivity contribution in [3.8, 4) is 22.9 Å². The molecule has 2 heterocycles. The molecule has 1 N–H and O–H groups in total. The number of pyridine rings is 1. The fraction of sp³-hybridized carbons (Fsp3) is 0.241. The van der Waals surface area contributed by atoms with Gasteiger partial charge in [-0.25, -0.2) is 13.8 Å². The van der Waals surface area contributed by atoms with Crippen LogP contribution in [0.5, 0.6) is 5.75 Å². The highest BCUT2D eigenvalue weighted by Crippen LogP contribution is 2.36. The van der Waals surface area contributed by atoms with Crippen LogP contribution < -0.4 is 10.1 Å². The first kappa shape index (κ1) is 28.2. The summed E-state index contributed by atoms with van der Waals surface area (Å²) in [6.07, 6.45) is -1.08. The van der Waals surface area contributed by atoms with Crippen molar-refractivity contribution < 1.29 is 18.3 Å². The summed E-state index contributed by atoms with van der Waals surface area (Å²) in [5.74, 6) is 0.942. The summed E-state index contributed by atoms with van der Waals surface area (Å²) in [6, 6.07) is 17.8. The Balaban J connectivity index is 1.65. The van der Waals surface area contributed by atoms with Gasteiger partial charge in [-0.2, -0.15) is 5.26 Å². The first-order chi connectivity index (χ1) is 18.7. The lowest BCUT2D eigenvalue weighted by Crippen LogP contribution is -2.33. The van der Waals surface area contributed by atoms with Crippen molar-refractivity contribution in [1.29, 1.82) is 5.26 Å². The summed E-state index contributed by atoms with van der Waals surface area (Å²) in [5, 5.41) is 13.5. The van der Waals surface area contributed by atoms with E-state index < -0.39 is 12.1 Å². The average molecular weight is 565 g/mol. The van der Waals surface area contributed by atoms with Crippen LogP contribution in [0.2, 0.25) is 0 Å². The standard InChI is InChI=1S/C29H26F2N4O2S2/c1-17(2)15-35-28(36)24(34-29(35)38)12-18-9-10-25(37-3)20(11-18)16-39-27-22(14-32)21(13-23(33-27)26(30)31)19-7-5-4-6-8-19/h4-13,17,26H,15-16H2,1-3H3,(H,34,38)/b24-12+. The maximum atomic E-state index is 13.7. The van der Waals surface area contributed by atoms with Gasteiger partial charge in [-0.3, -0.25) is 9.69 Å². The summed E-state index contributed by atoms with van der Waals surface area (Å²) in [5.41, 5.74) is 2.75. The summed E-state index contributed by atoms with van der Waals surface area (Å²) in [7, 11) is 1.54. The fourth-order valence-electron chi connectivity index (χ4n) is 4.13. The third-order valence-electron chi connectivity index (χ3n) is 5.92. The van der Waals surface area contributed by atoms with E-state index in [1.54, 1.807) is 41.3 Å². The van der Waals surface area contributed by atoms with Crippen LogP contribution in [0.3, 0.4) is 0 Å². The molecule has 0 radical (unpaired) electrons. The molecule has 2 aromatic carbocycles. The lowest BCUT2D eigenvalue weighted by Gasteiger charge is -2.16. The minimum Gasteiger partial charge on any atom is -0.496 e. The van der Waals surface area contributed by atoms with Crippen molar-refractivity contribution in [2.75, 3.05) is 13.7 Å². The Morgan fingerprint density at radius 3 is 2.59 bits per heavy atom. The number of nitrogens with zero attached hydrogens (tertiary/aromatic N) is 3. The number of hydrogen-bond acceptors (Lipinski definition) is 6. The monoisotopic (exact) mass is 564 g/mol. The highest BCUT2D eigenvalue weighted by molar-refractivity contribution is 7.98. The highest BCUT2D eigenvalue weighted by atomic mass is 32.2. The number of ether oxygens (including phenoxy) is 1. The van der Waals surface area contributed by atoms with Crippen molar-refractivity contribution in [3.63, 3.8) is 0 Å². The largest absolute Gasteiger partial charge is 0.496 e. The lowest BCUT2D eigenvalue weighted by molar-refractivity contribution is -0.122. The number of halogens is 2. The molecule has 4 rings (SSSR count). The zero-order valence-corrected chi connectivity index (χ0v) is 23.2. The number of methoxy groups -OCH3 is 1. The van der Waals surface area contributed by atoms with E-state index in [1.165, 1.54) is 24.9 Å². The van der Waals surface area contributed by atoms with Gasteiger partial charge in [0, 0.05) is 23.4 Å². The molecule has 0 aliphatic carbocycles. The van der Waals surface area contributed by atoms with Crippen LogP contribution in [0.4, 0.5) is 8.78 Å². The SMILES string of the molecule is COc1ccc(/C=C2/NC(=S)N(CC(C)C)C2=O)cc1CSc1nc(C(F)F)cc(-c2ccccc2)c1C#N. The minimum absolute atomic E-state index is 0.194. The average Bonchev–Trinajstić information content (AvgIpc) is 3.18. The van der Waals surface area contributed by atoms with Crippen molar-refractivity contribution in [1.82, 2.24) is 15.2 Å². The predicted octanol–water partition coefficient (Wildman–Crippen LogP) is 6.57. The Morgan fingerprint density at radius 1 is 1.21 bits per heavy atom. The molecular formula is C29H26F2N4O2S2. The van der Waals surface area contributed by atoms with Gasteiger partial charge in [-0.15, -0.1) is 11.8 Å². The molecule has 1 aromatic heterocycles. The number of hydrogen-bond donors (Lipinski definition) is 1. The molecule has 0 saturated carbocycles. The molecule has 0 spiro atoms. The number of amides is 1. The number of nitrogens with one attached hydrogen (secondary N) is 1. The van der Waals surface area contributed by atoms with E-state index in [4.69, 9.17) is 17.0 Å². The molecule has 0 atom stereocenters. The third kappa shape index (κ3) is 6.44. The van der Waals surface area contributed by atoms with Gasteiger partial charge in [-0.1, -0.05) is 50.2 Å². The zero-order valence-electron chi connectivity index (χ0n) is 21.6. The van der Waals surface area contributed by atoms with Crippen LogP contribution in [0, 0.1) is 17.2 Å². The maximum absolute atomic E-state index is 13.7. The minimum atomic E-state index is -2.79. The number of thioether (sulfide) groups is 1. The van der Waals surface area contributed by atoms with E-state index in [0.29, 0.717) is 40.0 Å². The Labute approximate surface area is 235 Å². The van der Waals surface area contributed by atoms with Crippen LogP contribution in [0.15, 0.2) is 65.3 Å². The number of aromatic nitrogens is 1. The van der Waals surface area contributed by atoms with E-state index >= 15 is 0 Å². The molecule has 6 nitrogen and oxygen atoms in total. The lowest BCUT2D eigenvalue weighted by atomic mass is 10.0. The van der Waals surface area contributed by atoms with E-state index in [-0.39, 0.29) is 22.4 Å². The van der Waals surface area contributed by atoms with Gasteiger partial charge in [0.05, 0.1) is 12.7 Å². The second kappa shape index (κ2) is 12.4. The van der Waals surface area contributed by atoms with Crippen LogP contribution in [0.25, 0.3) is 17.2 Å². The predicted molar refractivity (Wildman–Crippen MR) is 152 cm³/mol. The maximum Gasteiger partial charge on any atom is 0.280 e. The topological polar surface area (TPSA) is 78.2 Å². The number of thiocarbonyl (C=S) groups is 1. The molecule has 3 aromatic rings. The normalized spacial score (nSPS) is 14.3. The second-order valence-electron chi connectivity index (χ2n) is 9.21. The molecule has 10 heteroatoms. The van der Waals surface area contributed by atoms with E-state index in [2.05, 4.69) is 16.4 Å². The number of carbonyl (C=O) groups is 1. The van der Waals surface area contributed by atoms with E-state index in [9.17, 15) is 18.8 Å². The van der Waals surface area contributed by atoms with Gasteiger partial charge in [0.15, 0.2) is 5.11 Å². The Hall–Kier alpha value is -3.81. The number of alkyl halides is 2. The summed E-state index contributed by atoms with van der Waals surface area (Å²) in [4.78, 5) is 18.5. The van der Waals surface area contributed by atoms with Crippen molar-refractivity contribution >= 4 is 41.1 Å². The molecule has 200 valence electrons. The van der Waals surface area contributed by atoms with Crippen molar-refractivity contribution in [2.45, 2.75) is 31.1 Å². The number of carbonyl (C=O) groups excluding carboxylic acids is 1. The Bertz CT molecular complexity index is 1470. The van der Waals surface area contributed by atoms with E-state index in [1.807, 2.05) is 32.0 Å². The molecule has 1 aliphatic rings. The highest BCUT2D eigenvalue weighted by Gasteiger charge is 2.30. The molecule has 1 aliphatic heterocycles. The quantitative estimate of drug-likeness (QED) is 0.179. The van der Waals surface area contributed by atoms with Crippen LogP contribution >= 0.6 is 24.0 Å². The molecule has 1 fully saturated rings. The van der Waals surface area contributed by atoms with Gasteiger partial charge in [-0.05, 0) is 53.5 Å². The number of rotatable bonds is 9. The van der Waals surface area contributed by atoms with Crippen LogP contribution in [-0.4, -0.2) is 34.6 Å². The van der Waals surface area contributed by atoms with Gasteiger partial charge in [0.25, 0.3) is 12.3 Å². The van der Waals surface area contributed by atoms with Crippen molar-refractivity contribution in [2.24, 2.45) is 5.92 Å². The molecule has 1 saturated heterocycles. The first-order valence-electron chi connectivity index (χ1n) is 12.1. The first-order valence-corrected chi connectivity index (χ1v) is 13.5. The second-order valence-corrected chi connectivity index (χ2v) is 10.6. The van der Waals surface area contributed by atoms with E-state index in [0.717, 1.165) is 11.1 Å². The Kier molecular flexibility index (Phi) is 8.94. The van der Waals surface area contributed by atoms with Gasteiger partial charge in [0.1, 0.15) is 28.2 Å². The van der Waals surface area contributed by atoms with Crippen molar-refractivity contribution in [3.05, 3.63) is 82.7 Å². The summed E-state index contributed by atoms with van der Waals surface area (Å²) < 4.78 is 33.0. The number of benzene rings is 2.